The van der Waals surface area contributed by atoms with Crippen LogP contribution in [0.15, 0.2) is 23.2 Å². The Kier molecular flexibility index (Phi) is 2.51. The first-order chi connectivity index (χ1) is 5.77. The van der Waals surface area contributed by atoms with E-state index in [1.807, 2.05) is 6.92 Å². The Hall–Kier alpha value is -1.73. The molecule has 0 unspecified atom stereocenters. The third kappa shape index (κ3) is 1.65. The number of rotatable bonds is 2. The normalized spacial score (nSPS) is 8.75. The third-order valence-electron chi connectivity index (χ3n) is 1.43. The maximum absolute atomic E-state index is 10.3. The topological polar surface area (TPSA) is 46.5 Å². The molecule has 0 fully saturated rings. The van der Waals surface area contributed by atoms with Gasteiger partial charge in [0, 0.05) is 0 Å². The number of hydrogen-bond donors (Lipinski definition) is 0. The lowest BCUT2D eigenvalue weighted by molar-refractivity contribution is 0.562. The van der Waals surface area contributed by atoms with Gasteiger partial charge in [0.2, 0.25) is 12.4 Å². The predicted octanol–water partition coefficient (Wildman–Crippen LogP) is 1.42. The van der Waals surface area contributed by atoms with E-state index in [0.717, 1.165) is 5.56 Å². The highest BCUT2D eigenvalue weighted by molar-refractivity contribution is 5.84. The molecule has 0 spiro atoms. The van der Waals surface area contributed by atoms with Gasteiger partial charge in [0.25, 0.3) is 0 Å². The van der Waals surface area contributed by atoms with E-state index >= 15 is 0 Å². The Morgan fingerprint density at radius 2 is 2.08 bits per heavy atom. The van der Waals surface area contributed by atoms with Crippen LogP contribution in [0.4, 0.5) is 5.69 Å². The van der Waals surface area contributed by atoms with Gasteiger partial charge in [0.1, 0.15) is 0 Å². The SMILES string of the molecule is Cc1ccc([C]=O)c(N=C=O)c1. The first kappa shape index (κ1) is 8.37. The molecule has 0 bridgehead atoms. The van der Waals surface area contributed by atoms with Gasteiger partial charge in [0.15, 0.2) is 0 Å². The minimum absolute atomic E-state index is 0.281. The van der Waals surface area contributed by atoms with E-state index < -0.39 is 0 Å². The zero-order valence-corrected chi connectivity index (χ0v) is 6.50. The number of benzene rings is 1. The number of aryl methyl sites for hydroxylation is 1. The molecule has 1 rings (SSSR count). The lowest BCUT2D eigenvalue weighted by Gasteiger charge is -1.96. The van der Waals surface area contributed by atoms with E-state index in [2.05, 4.69) is 4.99 Å². The van der Waals surface area contributed by atoms with Crippen LogP contribution in [0, 0.1) is 6.92 Å². The Labute approximate surface area is 69.7 Å². The molecule has 0 atom stereocenters. The first-order valence-electron chi connectivity index (χ1n) is 3.34. The molecule has 0 aromatic heterocycles. The highest BCUT2D eigenvalue weighted by Gasteiger charge is 1.99. The van der Waals surface area contributed by atoms with Gasteiger partial charge in [-0.05, 0) is 24.6 Å². The van der Waals surface area contributed by atoms with Crippen molar-refractivity contribution in [1.82, 2.24) is 0 Å². The molecule has 12 heavy (non-hydrogen) atoms. The fraction of sp³-hybridized carbons (Fsp3) is 0.111. The molecule has 3 nitrogen and oxygen atoms in total. The molecule has 59 valence electrons. The second-order valence-corrected chi connectivity index (χ2v) is 2.33. The van der Waals surface area contributed by atoms with E-state index in [9.17, 15) is 9.59 Å². The lowest BCUT2D eigenvalue weighted by atomic mass is 10.1. The van der Waals surface area contributed by atoms with Gasteiger partial charge in [-0.15, -0.1) is 0 Å². The predicted molar refractivity (Wildman–Crippen MR) is 43.8 cm³/mol. The van der Waals surface area contributed by atoms with Crippen LogP contribution in [-0.2, 0) is 9.59 Å². The van der Waals surface area contributed by atoms with Crippen molar-refractivity contribution in [2.45, 2.75) is 6.92 Å². The summed E-state index contributed by atoms with van der Waals surface area (Å²) in [7, 11) is 0. The van der Waals surface area contributed by atoms with Crippen molar-refractivity contribution >= 4 is 18.1 Å². The maximum atomic E-state index is 10.3. The Balaban J connectivity index is 3.29. The summed E-state index contributed by atoms with van der Waals surface area (Å²) in [5, 5.41) is 0. The van der Waals surface area contributed by atoms with Crippen molar-refractivity contribution in [3.8, 4) is 0 Å². The van der Waals surface area contributed by atoms with Crippen LogP contribution < -0.4 is 0 Å². The van der Waals surface area contributed by atoms with Crippen molar-refractivity contribution < 1.29 is 9.59 Å². The number of nitrogens with zero attached hydrogens (tertiary/aromatic N) is 1. The molecule has 1 aromatic rings. The second-order valence-electron chi connectivity index (χ2n) is 2.33. The monoisotopic (exact) mass is 160 g/mol. The highest BCUT2D eigenvalue weighted by Crippen LogP contribution is 2.17. The number of carbonyl (C=O) groups excluding carboxylic acids is 2. The molecular weight excluding hydrogens is 154 g/mol. The van der Waals surface area contributed by atoms with Crippen LogP contribution in [0.5, 0.6) is 0 Å². The van der Waals surface area contributed by atoms with Gasteiger partial charge in [-0.25, -0.2) is 4.79 Å². The zero-order chi connectivity index (χ0) is 8.97. The molecule has 0 heterocycles. The molecule has 0 aliphatic rings. The van der Waals surface area contributed by atoms with Crippen LogP contribution in [0.25, 0.3) is 0 Å². The standard InChI is InChI=1S/C9H6NO2/c1-7-2-3-8(5-11)9(4-7)10-6-12/h2-4H,1H3. The summed E-state index contributed by atoms with van der Waals surface area (Å²) in [4.78, 5) is 23.6. The fourth-order valence-electron chi connectivity index (χ4n) is 0.870. The van der Waals surface area contributed by atoms with Crippen molar-refractivity contribution in [2.75, 3.05) is 0 Å². The number of aliphatic imine (C=N–C) groups is 1. The van der Waals surface area contributed by atoms with E-state index in [0.29, 0.717) is 5.69 Å². The summed E-state index contributed by atoms with van der Waals surface area (Å²) in [6, 6.07) is 4.95. The molecule has 0 aliphatic heterocycles. The van der Waals surface area contributed by atoms with Crippen LogP contribution in [0.3, 0.4) is 0 Å². The highest BCUT2D eigenvalue weighted by atomic mass is 16.1. The molecule has 0 saturated heterocycles. The zero-order valence-electron chi connectivity index (χ0n) is 6.50. The van der Waals surface area contributed by atoms with Gasteiger partial charge in [0.05, 0.1) is 11.3 Å². The van der Waals surface area contributed by atoms with Gasteiger partial charge in [-0.1, -0.05) is 6.07 Å². The summed E-state index contributed by atoms with van der Waals surface area (Å²) in [6.45, 7) is 1.85. The van der Waals surface area contributed by atoms with Crippen molar-refractivity contribution in [3.63, 3.8) is 0 Å². The molecule has 0 saturated carbocycles. The lowest BCUT2D eigenvalue weighted by Crippen LogP contribution is -1.82. The van der Waals surface area contributed by atoms with Gasteiger partial charge >= 0.3 is 0 Å². The molecule has 0 amide bonds. The van der Waals surface area contributed by atoms with Crippen molar-refractivity contribution in [1.29, 1.82) is 0 Å². The van der Waals surface area contributed by atoms with E-state index in [-0.39, 0.29) is 5.56 Å². The van der Waals surface area contributed by atoms with E-state index in [1.165, 1.54) is 6.08 Å². The average molecular weight is 160 g/mol. The Morgan fingerprint density at radius 3 is 2.67 bits per heavy atom. The quantitative estimate of drug-likeness (QED) is 0.485. The largest absolute Gasteiger partial charge is 0.285 e. The minimum Gasteiger partial charge on any atom is -0.285 e. The average Bonchev–Trinajstić information content (AvgIpc) is 2.05. The summed E-state index contributed by atoms with van der Waals surface area (Å²) in [5.41, 5.74) is 1.53. The third-order valence-corrected chi connectivity index (χ3v) is 1.43. The summed E-state index contributed by atoms with van der Waals surface area (Å²) in [6.07, 6.45) is 3.07. The Morgan fingerprint density at radius 1 is 1.33 bits per heavy atom. The number of hydrogen-bond acceptors (Lipinski definition) is 3. The molecule has 1 radical (unpaired) electrons. The van der Waals surface area contributed by atoms with Gasteiger partial charge in [-0.3, -0.25) is 4.79 Å². The van der Waals surface area contributed by atoms with Crippen molar-refractivity contribution in [2.24, 2.45) is 4.99 Å². The van der Waals surface area contributed by atoms with Gasteiger partial charge < -0.3 is 0 Å². The summed E-state index contributed by atoms with van der Waals surface area (Å²) < 4.78 is 0. The molecule has 3 heteroatoms. The van der Waals surface area contributed by atoms with Crippen LogP contribution in [0.1, 0.15) is 11.1 Å². The fourth-order valence-corrected chi connectivity index (χ4v) is 0.870. The van der Waals surface area contributed by atoms with E-state index in [1.54, 1.807) is 24.5 Å². The first-order valence-corrected chi connectivity index (χ1v) is 3.34. The molecule has 0 aliphatic carbocycles. The van der Waals surface area contributed by atoms with Gasteiger partial charge in [-0.2, -0.15) is 4.99 Å². The smallest absolute Gasteiger partial charge is 0.240 e. The van der Waals surface area contributed by atoms with Crippen LogP contribution in [-0.4, -0.2) is 12.4 Å². The second kappa shape index (κ2) is 3.60. The van der Waals surface area contributed by atoms with Crippen molar-refractivity contribution in [3.05, 3.63) is 29.3 Å². The Bertz CT molecular complexity index is 352. The van der Waals surface area contributed by atoms with E-state index in [4.69, 9.17) is 0 Å². The summed E-state index contributed by atoms with van der Waals surface area (Å²) in [5.74, 6) is 0. The minimum atomic E-state index is 0.281. The van der Waals surface area contributed by atoms with Crippen LogP contribution in [0.2, 0.25) is 0 Å². The van der Waals surface area contributed by atoms with Crippen LogP contribution >= 0.6 is 0 Å². The molecular formula is C9H6NO2. The number of isocyanates is 1. The molecule has 0 N–H and O–H groups in total. The molecule has 1 aromatic carbocycles. The summed E-state index contributed by atoms with van der Waals surface area (Å²) >= 11 is 0. The maximum Gasteiger partial charge on any atom is 0.240 e.